The molecular formula is C16H28N2O. The van der Waals surface area contributed by atoms with E-state index in [1.54, 1.807) is 0 Å². The predicted octanol–water partition coefficient (Wildman–Crippen LogP) is 2.62. The molecule has 108 valence electrons. The van der Waals surface area contributed by atoms with E-state index in [0.29, 0.717) is 11.8 Å². The van der Waals surface area contributed by atoms with E-state index in [-0.39, 0.29) is 12.2 Å². The van der Waals surface area contributed by atoms with Crippen molar-refractivity contribution in [2.24, 2.45) is 23.7 Å². The first-order valence-electron chi connectivity index (χ1n) is 8.18. The minimum Gasteiger partial charge on any atom is -0.326 e. The number of nitrogens with zero attached hydrogens (tertiary/aromatic N) is 1. The summed E-state index contributed by atoms with van der Waals surface area (Å²) >= 11 is 0. The second kappa shape index (κ2) is 5.08. The Kier molecular flexibility index (Phi) is 3.59. The van der Waals surface area contributed by atoms with Gasteiger partial charge < -0.3 is 4.90 Å². The number of amides is 1. The minimum atomic E-state index is 0.0547. The Morgan fingerprint density at radius 2 is 1.84 bits per heavy atom. The lowest BCUT2D eigenvalue weighted by Gasteiger charge is -2.27. The summed E-state index contributed by atoms with van der Waals surface area (Å²) in [6, 6.07) is 0.0547. The van der Waals surface area contributed by atoms with Gasteiger partial charge in [-0.25, -0.2) is 0 Å². The van der Waals surface area contributed by atoms with Crippen LogP contribution in [-0.2, 0) is 4.79 Å². The molecule has 3 rings (SSSR count). The van der Waals surface area contributed by atoms with Crippen molar-refractivity contribution in [2.45, 2.75) is 65.1 Å². The Morgan fingerprint density at radius 1 is 1.26 bits per heavy atom. The Morgan fingerprint density at radius 3 is 2.32 bits per heavy atom. The normalized spacial score (nSPS) is 33.3. The van der Waals surface area contributed by atoms with Crippen LogP contribution in [0.2, 0.25) is 0 Å². The molecule has 0 aromatic rings. The third-order valence-corrected chi connectivity index (χ3v) is 5.51. The van der Waals surface area contributed by atoms with E-state index in [9.17, 15) is 4.79 Å². The smallest absolute Gasteiger partial charge is 0.241 e. The zero-order chi connectivity index (χ0) is 13.6. The summed E-state index contributed by atoms with van der Waals surface area (Å²) < 4.78 is 0. The molecule has 3 unspecified atom stereocenters. The first kappa shape index (κ1) is 13.4. The number of nitrogens with one attached hydrogen (secondary N) is 1. The Labute approximate surface area is 117 Å². The van der Waals surface area contributed by atoms with Gasteiger partial charge in [-0.15, -0.1) is 0 Å². The van der Waals surface area contributed by atoms with Crippen molar-refractivity contribution < 1.29 is 4.79 Å². The summed E-state index contributed by atoms with van der Waals surface area (Å²) in [5.74, 6) is 3.45. The van der Waals surface area contributed by atoms with Crippen LogP contribution in [0, 0.1) is 23.7 Å². The van der Waals surface area contributed by atoms with Crippen LogP contribution in [0.25, 0.3) is 0 Å². The monoisotopic (exact) mass is 264 g/mol. The van der Waals surface area contributed by atoms with Crippen LogP contribution in [-0.4, -0.2) is 29.6 Å². The van der Waals surface area contributed by atoms with Crippen molar-refractivity contribution in [3.63, 3.8) is 0 Å². The van der Waals surface area contributed by atoms with E-state index in [1.807, 2.05) is 0 Å². The van der Waals surface area contributed by atoms with Crippen molar-refractivity contribution >= 4 is 5.91 Å². The number of carbonyl (C=O) groups excluding carboxylic acids is 1. The third-order valence-electron chi connectivity index (χ3n) is 5.51. The fourth-order valence-electron chi connectivity index (χ4n) is 3.64. The molecular weight excluding hydrogens is 236 g/mol. The summed E-state index contributed by atoms with van der Waals surface area (Å²) in [5, 5.41) is 3.50. The van der Waals surface area contributed by atoms with Gasteiger partial charge in [-0.1, -0.05) is 20.3 Å². The van der Waals surface area contributed by atoms with Gasteiger partial charge in [0.1, 0.15) is 0 Å². The zero-order valence-electron chi connectivity index (χ0n) is 12.6. The summed E-state index contributed by atoms with van der Waals surface area (Å²) in [6.45, 7) is 7.52. The van der Waals surface area contributed by atoms with E-state index in [0.717, 1.165) is 30.7 Å². The van der Waals surface area contributed by atoms with E-state index in [1.165, 1.54) is 25.7 Å². The highest BCUT2D eigenvalue weighted by molar-refractivity contribution is 5.84. The average Bonchev–Trinajstić information content (AvgIpc) is 3.26. The molecule has 1 saturated heterocycles. The molecule has 19 heavy (non-hydrogen) atoms. The van der Waals surface area contributed by atoms with E-state index in [4.69, 9.17) is 0 Å². The Balaban J connectivity index is 1.64. The van der Waals surface area contributed by atoms with Gasteiger partial charge in [-0.2, -0.15) is 0 Å². The molecule has 3 heteroatoms. The lowest BCUT2D eigenvalue weighted by atomic mass is 9.96. The lowest BCUT2D eigenvalue weighted by molar-refractivity contribution is -0.131. The van der Waals surface area contributed by atoms with Crippen molar-refractivity contribution in [1.82, 2.24) is 10.2 Å². The molecule has 0 radical (unpaired) electrons. The number of rotatable bonds is 6. The maximum atomic E-state index is 12.6. The van der Waals surface area contributed by atoms with Crippen LogP contribution in [0.3, 0.4) is 0 Å². The van der Waals surface area contributed by atoms with Gasteiger partial charge in [0.05, 0.1) is 12.2 Å². The first-order valence-corrected chi connectivity index (χ1v) is 8.18. The van der Waals surface area contributed by atoms with Gasteiger partial charge in [0.15, 0.2) is 0 Å². The Hall–Kier alpha value is -0.570. The molecule has 1 heterocycles. The molecule has 1 N–H and O–H groups in total. The number of hydrogen-bond donors (Lipinski definition) is 1. The molecule has 2 aliphatic carbocycles. The molecule has 0 spiro atoms. The van der Waals surface area contributed by atoms with Crippen molar-refractivity contribution in [1.29, 1.82) is 0 Å². The maximum absolute atomic E-state index is 12.6. The predicted molar refractivity (Wildman–Crippen MR) is 76.5 cm³/mol. The fourth-order valence-corrected chi connectivity index (χ4v) is 3.64. The van der Waals surface area contributed by atoms with Crippen LogP contribution < -0.4 is 5.32 Å². The zero-order valence-corrected chi connectivity index (χ0v) is 12.6. The molecule has 1 amide bonds. The van der Waals surface area contributed by atoms with E-state index < -0.39 is 0 Å². The molecule has 0 bridgehead atoms. The second-order valence-corrected chi connectivity index (χ2v) is 7.04. The standard InChI is InChI=1S/C16H28N2O/c1-4-10(2)15-16(19)18(11(3)17-15)9-14(12-5-6-12)13-7-8-13/h10-15,17H,4-9H2,1-3H3. The molecule has 3 atom stereocenters. The lowest BCUT2D eigenvalue weighted by Crippen LogP contribution is -2.39. The van der Waals surface area contributed by atoms with Crippen molar-refractivity contribution in [3.05, 3.63) is 0 Å². The van der Waals surface area contributed by atoms with Gasteiger partial charge >= 0.3 is 0 Å². The third kappa shape index (κ3) is 2.67. The molecule has 0 aromatic carbocycles. The van der Waals surface area contributed by atoms with Crippen molar-refractivity contribution in [2.75, 3.05) is 6.54 Å². The van der Waals surface area contributed by atoms with Crippen LogP contribution in [0.1, 0.15) is 52.9 Å². The van der Waals surface area contributed by atoms with Crippen LogP contribution in [0.5, 0.6) is 0 Å². The van der Waals surface area contributed by atoms with Gasteiger partial charge in [-0.3, -0.25) is 10.1 Å². The Bertz CT molecular complexity index is 337. The molecule has 3 aliphatic rings. The molecule has 0 aromatic heterocycles. The van der Waals surface area contributed by atoms with Crippen LogP contribution in [0.15, 0.2) is 0 Å². The molecule has 2 saturated carbocycles. The second-order valence-electron chi connectivity index (χ2n) is 7.04. The summed E-state index contributed by atoms with van der Waals surface area (Å²) in [5.41, 5.74) is 0. The summed E-state index contributed by atoms with van der Waals surface area (Å²) in [4.78, 5) is 14.7. The highest BCUT2D eigenvalue weighted by Crippen LogP contribution is 2.49. The quantitative estimate of drug-likeness (QED) is 0.800. The van der Waals surface area contributed by atoms with Gasteiger partial charge in [0, 0.05) is 6.54 Å². The minimum absolute atomic E-state index is 0.0547. The van der Waals surface area contributed by atoms with Gasteiger partial charge in [-0.05, 0) is 56.3 Å². The maximum Gasteiger partial charge on any atom is 0.241 e. The number of hydrogen-bond acceptors (Lipinski definition) is 2. The SMILES string of the molecule is CCC(C)C1NC(C)N(CC(C2CC2)C2CC2)C1=O. The largest absolute Gasteiger partial charge is 0.326 e. The van der Waals surface area contributed by atoms with Crippen LogP contribution >= 0.6 is 0 Å². The number of carbonyl (C=O) groups is 1. The summed E-state index contributed by atoms with van der Waals surface area (Å²) in [7, 11) is 0. The highest BCUT2D eigenvalue weighted by Gasteiger charge is 2.46. The highest BCUT2D eigenvalue weighted by atomic mass is 16.2. The van der Waals surface area contributed by atoms with Gasteiger partial charge in [0.25, 0.3) is 0 Å². The average molecular weight is 264 g/mol. The molecule has 3 fully saturated rings. The molecule has 1 aliphatic heterocycles. The van der Waals surface area contributed by atoms with E-state index in [2.05, 4.69) is 31.0 Å². The first-order chi connectivity index (χ1) is 9.11. The topological polar surface area (TPSA) is 32.3 Å². The van der Waals surface area contributed by atoms with Crippen LogP contribution in [0.4, 0.5) is 0 Å². The summed E-state index contributed by atoms with van der Waals surface area (Å²) in [6.07, 6.45) is 6.91. The van der Waals surface area contributed by atoms with E-state index >= 15 is 0 Å². The van der Waals surface area contributed by atoms with Crippen molar-refractivity contribution in [3.8, 4) is 0 Å². The van der Waals surface area contributed by atoms with Gasteiger partial charge in [0.2, 0.25) is 5.91 Å². The molecule has 3 nitrogen and oxygen atoms in total. The fraction of sp³-hybridized carbons (Fsp3) is 0.938.